The van der Waals surface area contributed by atoms with Gasteiger partial charge in [-0.15, -0.1) is 0 Å². The molecule has 1 aromatic carbocycles. The second kappa shape index (κ2) is 65.6. The number of aliphatic hydroxyl groups is 1. The molecule has 1 aliphatic rings. The van der Waals surface area contributed by atoms with Crippen LogP contribution in [0.15, 0.2) is 29.2 Å². The maximum atomic E-state index is 14.6. The van der Waals surface area contributed by atoms with Gasteiger partial charge in [-0.05, 0) is 62.5 Å². The number of nitrogens with zero attached hydrogens (tertiary/aromatic N) is 2. The molecule has 0 spiro atoms. The number of hydrogen-bond donors (Lipinski definition) is 2. The van der Waals surface area contributed by atoms with Crippen LogP contribution >= 0.6 is 0 Å². The maximum absolute atomic E-state index is 14.6. The molecule has 1 amide bonds. The molecule has 2 aromatic rings. The number of Topliss-reactive ketones (excluding diaryl/α,β-unsaturated/α-hetero) is 1. The molecule has 1 aromatic heterocycles. The highest BCUT2D eigenvalue weighted by atomic mass is 28.4. The lowest BCUT2D eigenvalue weighted by atomic mass is 10.0. The van der Waals surface area contributed by atoms with Crippen LogP contribution < -0.4 is 25.2 Å². The standard InChI is InChI=1S/C93H169N3O11Si/c1-10-13-16-19-22-25-28-31-34-37-40-43-46-49-52-55-58-61-64-67-74-102-82-77-81(90(100)94-85-72-73-96(92(101)95-85)91-89(107-108(8,9)93(5,6)7)88(84(79-97)105-91)106-86(99)71-70-80(4)98)78-83(103-75-68-65-62-59-56-53-50-47-44-41-38-35-32-29-26-23-20-17-14-11-2)87(82)104-76-69-66-63-60-57-54-51-48-45-42-39-36-33-30-27-24-21-18-15-12-3/h72-73,77-78,84,88-89,91,97H,10-71,74-76,79H2,1-9H3,(H,94,95,100,101)/t84-,88-,89-,91-/m1/s1. The van der Waals surface area contributed by atoms with Crippen LogP contribution in [0.3, 0.4) is 0 Å². The van der Waals surface area contributed by atoms with Crippen molar-refractivity contribution in [2.45, 2.75) is 489 Å². The number of amides is 1. The normalized spacial score (nSPS) is 15.3. The Morgan fingerprint density at radius 3 is 1.06 bits per heavy atom. The predicted molar refractivity (Wildman–Crippen MR) is 456 cm³/mol. The largest absolute Gasteiger partial charge is 0.490 e. The number of aromatic nitrogens is 2. The monoisotopic (exact) mass is 1530 g/mol. The third-order valence-electron chi connectivity index (χ3n) is 23.0. The van der Waals surface area contributed by atoms with Gasteiger partial charge in [-0.3, -0.25) is 14.2 Å². The number of carbonyl (C=O) groups is 3. The summed E-state index contributed by atoms with van der Waals surface area (Å²) in [5, 5.41) is 13.2. The number of rotatable bonds is 76. The van der Waals surface area contributed by atoms with Gasteiger partial charge in [0.15, 0.2) is 32.1 Å². The maximum Gasteiger partial charge on any atom is 0.351 e. The first-order chi connectivity index (χ1) is 52.6. The van der Waals surface area contributed by atoms with E-state index in [1.54, 1.807) is 12.1 Å². The Bertz CT molecular complexity index is 2490. The Morgan fingerprint density at radius 1 is 0.463 bits per heavy atom. The fraction of sp³-hybridized carbons (Fsp3) is 0.860. The molecule has 0 aliphatic carbocycles. The Balaban J connectivity index is 1.72. The number of aliphatic hydroxyl groups excluding tert-OH is 1. The highest BCUT2D eigenvalue weighted by molar-refractivity contribution is 6.74. The summed E-state index contributed by atoms with van der Waals surface area (Å²) in [5.41, 5.74) is -0.459. The Morgan fingerprint density at radius 2 is 0.769 bits per heavy atom. The highest BCUT2D eigenvalue weighted by Gasteiger charge is 2.53. The van der Waals surface area contributed by atoms with Crippen molar-refractivity contribution in [3.63, 3.8) is 0 Å². The van der Waals surface area contributed by atoms with E-state index in [1.807, 2.05) is 13.1 Å². The van der Waals surface area contributed by atoms with Gasteiger partial charge in [-0.25, -0.2) is 4.79 Å². The van der Waals surface area contributed by atoms with Gasteiger partial charge in [0.2, 0.25) is 5.75 Å². The third-order valence-corrected chi connectivity index (χ3v) is 27.5. The summed E-state index contributed by atoms with van der Waals surface area (Å²) < 4.78 is 40.5. The predicted octanol–water partition coefficient (Wildman–Crippen LogP) is 27.7. The molecule has 14 nitrogen and oxygen atoms in total. The molecule has 108 heavy (non-hydrogen) atoms. The van der Waals surface area contributed by atoms with Crippen molar-refractivity contribution in [3.8, 4) is 17.2 Å². The molecule has 2 heterocycles. The van der Waals surface area contributed by atoms with Crippen LogP contribution in [0.25, 0.3) is 0 Å². The lowest BCUT2D eigenvalue weighted by Gasteiger charge is -2.40. The zero-order chi connectivity index (χ0) is 78.2. The van der Waals surface area contributed by atoms with Crippen LogP contribution in [0.1, 0.15) is 463 Å². The van der Waals surface area contributed by atoms with E-state index < -0.39 is 57.0 Å². The van der Waals surface area contributed by atoms with Crippen LogP contribution in [0, 0.1) is 0 Å². The quantitative estimate of drug-likeness (QED) is 0.0365. The molecule has 0 unspecified atom stereocenters. The molecule has 0 saturated carbocycles. The Labute approximate surface area is 664 Å². The van der Waals surface area contributed by atoms with Crippen LogP contribution in [-0.4, -0.2) is 85.4 Å². The first-order valence-electron chi connectivity index (χ1n) is 46.2. The first-order valence-corrected chi connectivity index (χ1v) is 49.1. The number of ether oxygens (including phenoxy) is 5. The van der Waals surface area contributed by atoms with Crippen molar-refractivity contribution in [1.29, 1.82) is 0 Å². The molecule has 0 radical (unpaired) electrons. The van der Waals surface area contributed by atoms with E-state index in [9.17, 15) is 24.3 Å². The average molecular weight is 1530 g/mol. The number of hydrogen-bond acceptors (Lipinski definition) is 12. The molecule has 15 heteroatoms. The fourth-order valence-electron chi connectivity index (χ4n) is 14.9. The van der Waals surface area contributed by atoms with Gasteiger partial charge in [0.05, 0.1) is 32.8 Å². The van der Waals surface area contributed by atoms with E-state index in [1.165, 1.54) is 358 Å². The van der Waals surface area contributed by atoms with E-state index >= 15 is 0 Å². The summed E-state index contributed by atoms with van der Waals surface area (Å²) in [6.07, 6.45) is 76.2. The van der Waals surface area contributed by atoms with E-state index in [-0.39, 0.29) is 35.0 Å². The minimum atomic E-state index is -2.64. The van der Waals surface area contributed by atoms with Gasteiger partial charge in [-0.1, -0.05) is 408 Å². The highest BCUT2D eigenvalue weighted by Crippen LogP contribution is 2.44. The van der Waals surface area contributed by atoms with Crippen molar-refractivity contribution in [1.82, 2.24) is 9.55 Å². The number of esters is 1. The van der Waals surface area contributed by atoms with Crippen molar-refractivity contribution < 1.29 is 47.6 Å². The number of benzene rings is 1. The molecule has 1 aliphatic heterocycles. The molecular formula is C93H169N3O11Si. The van der Waals surface area contributed by atoms with E-state index in [0.717, 1.165) is 51.4 Å². The van der Waals surface area contributed by atoms with Crippen LogP contribution in [0.5, 0.6) is 17.2 Å². The average Bonchev–Trinajstić information content (AvgIpc) is 1.59. The molecule has 3 rings (SSSR count). The van der Waals surface area contributed by atoms with E-state index in [4.69, 9.17) is 28.1 Å². The molecule has 1 saturated heterocycles. The Hall–Kier alpha value is -3.79. The van der Waals surface area contributed by atoms with Gasteiger partial charge >= 0.3 is 11.7 Å². The second-order valence-corrected chi connectivity index (χ2v) is 39.0. The lowest BCUT2D eigenvalue weighted by molar-refractivity contribution is -0.156. The summed E-state index contributed by atoms with van der Waals surface area (Å²) in [6.45, 7) is 19.5. The van der Waals surface area contributed by atoms with Crippen molar-refractivity contribution in [3.05, 3.63) is 40.4 Å². The molecule has 2 N–H and O–H groups in total. The van der Waals surface area contributed by atoms with Gasteiger partial charge in [0, 0.05) is 18.2 Å². The summed E-state index contributed by atoms with van der Waals surface area (Å²) >= 11 is 0. The number of nitrogens with one attached hydrogen (secondary N) is 1. The smallest absolute Gasteiger partial charge is 0.351 e. The SMILES string of the molecule is CCCCCCCCCCCCCCCCCCCCCCOc1cc(C(=O)Nc2ccn([C@@H]3O[C@H](CO)[C@@H](OC(=O)CCC(C)=O)[C@H]3O[Si](C)(C)C(C)(C)C)c(=O)n2)cc(OCCCCCCCCCCCCCCCCCCCCCC)c1OCCCCCCCCCCCCCCCCCCCCCC. The second-order valence-electron chi connectivity index (χ2n) is 34.2. The fourth-order valence-corrected chi connectivity index (χ4v) is 16.2. The molecular weight excluding hydrogens is 1360 g/mol. The van der Waals surface area contributed by atoms with Crippen LogP contribution in [0.2, 0.25) is 18.1 Å². The van der Waals surface area contributed by atoms with Crippen molar-refractivity contribution in [2.24, 2.45) is 0 Å². The third kappa shape index (κ3) is 48.3. The number of anilines is 1. The van der Waals surface area contributed by atoms with Crippen molar-refractivity contribution in [2.75, 3.05) is 31.7 Å². The summed E-state index contributed by atoms with van der Waals surface area (Å²) in [4.78, 5) is 58.2. The zero-order valence-electron chi connectivity index (χ0n) is 71.7. The minimum Gasteiger partial charge on any atom is -0.490 e. The van der Waals surface area contributed by atoms with Gasteiger partial charge in [0.25, 0.3) is 5.91 Å². The molecule has 1 fully saturated rings. The first kappa shape index (κ1) is 98.4. The van der Waals surface area contributed by atoms with Crippen LogP contribution in [-0.2, 0) is 23.5 Å². The van der Waals surface area contributed by atoms with Crippen molar-refractivity contribution >= 4 is 31.8 Å². The Kier molecular flexibility index (Phi) is 59.8. The molecule has 0 bridgehead atoms. The van der Waals surface area contributed by atoms with E-state index in [0.29, 0.717) is 37.1 Å². The van der Waals surface area contributed by atoms with Gasteiger partial charge in [-0.2, -0.15) is 4.98 Å². The minimum absolute atomic E-state index is 0.00354. The van der Waals surface area contributed by atoms with E-state index in [2.05, 4.69) is 51.8 Å². The molecule has 4 atom stereocenters. The number of carbonyl (C=O) groups excluding carboxylic acids is 3. The number of unbranched alkanes of at least 4 members (excludes halogenated alkanes) is 57. The zero-order valence-corrected chi connectivity index (χ0v) is 72.7. The summed E-state index contributed by atoms with van der Waals surface area (Å²) in [5.74, 6) is 0.199. The summed E-state index contributed by atoms with van der Waals surface area (Å²) in [7, 11) is -2.64. The van der Waals surface area contributed by atoms with Gasteiger partial charge < -0.3 is 43.3 Å². The summed E-state index contributed by atoms with van der Waals surface area (Å²) in [6, 6.07) is 5.01. The number of ketones is 1. The van der Waals surface area contributed by atoms with Crippen LogP contribution in [0.4, 0.5) is 5.82 Å². The lowest BCUT2D eigenvalue weighted by Crippen LogP contribution is -2.50. The topological polar surface area (TPSA) is 174 Å². The van der Waals surface area contributed by atoms with Gasteiger partial charge in [0.1, 0.15) is 23.8 Å². The molecule has 626 valence electrons.